The second-order valence-corrected chi connectivity index (χ2v) is 4.09. The standard InChI is InChI=1S/C12H17NO3/c1-13(2)8-9-3-5-11(14)10(7-9)4-6-12(15)16/h3,5,7,14H,4,6,8H2,1-2H3,(H,15,16). The van der Waals surface area contributed by atoms with E-state index in [1.54, 1.807) is 6.07 Å². The van der Waals surface area contributed by atoms with Crippen molar-refractivity contribution < 1.29 is 15.0 Å². The molecule has 0 aliphatic heterocycles. The number of hydrogen-bond donors (Lipinski definition) is 2. The second kappa shape index (κ2) is 5.51. The summed E-state index contributed by atoms with van der Waals surface area (Å²) in [6, 6.07) is 5.33. The molecular formula is C12H17NO3. The Kier molecular flexibility index (Phi) is 4.31. The number of carboxylic acid groups (broad SMARTS) is 1. The minimum absolute atomic E-state index is 0.0407. The predicted molar refractivity (Wildman–Crippen MR) is 61.5 cm³/mol. The van der Waals surface area contributed by atoms with Crippen LogP contribution in [0.4, 0.5) is 0 Å². The summed E-state index contributed by atoms with van der Waals surface area (Å²) >= 11 is 0. The van der Waals surface area contributed by atoms with Crippen molar-refractivity contribution in [1.82, 2.24) is 4.90 Å². The minimum atomic E-state index is -0.850. The Morgan fingerprint density at radius 3 is 2.62 bits per heavy atom. The van der Waals surface area contributed by atoms with Crippen LogP contribution in [0.2, 0.25) is 0 Å². The molecule has 88 valence electrons. The average Bonchev–Trinajstić information content (AvgIpc) is 2.18. The summed E-state index contributed by atoms with van der Waals surface area (Å²) in [4.78, 5) is 12.5. The number of nitrogens with zero attached hydrogens (tertiary/aromatic N) is 1. The molecule has 4 nitrogen and oxygen atoms in total. The molecule has 4 heteroatoms. The Morgan fingerprint density at radius 2 is 2.06 bits per heavy atom. The number of phenols is 1. The zero-order chi connectivity index (χ0) is 12.1. The van der Waals surface area contributed by atoms with Crippen LogP contribution in [0.1, 0.15) is 17.5 Å². The Bertz CT molecular complexity index is 375. The molecule has 0 aliphatic rings. The Labute approximate surface area is 95.1 Å². The summed E-state index contributed by atoms with van der Waals surface area (Å²) < 4.78 is 0. The predicted octanol–water partition coefficient (Wildman–Crippen LogP) is 1.47. The maximum Gasteiger partial charge on any atom is 0.303 e. The highest BCUT2D eigenvalue weighted by atomic mass is 16.4. The summed E-state index contributed by atoms with van der Waals surface area (Å²) in [6.45, 7) is 0.778. The molecule has 0 saturated carbocycles. The summed E-state index contributed by atoms with van der Waals surface area (Å²) in [5, 5.41) is 18.2. The molecule has 0 fully saturated rings. The molecule has 0 spiro atoms. The number of rotatable bonds is 5. The molecule has 1 rings (SSSR count). The molecule has 0 aliphatic carbocycles. The number of aryl methyl sites for hydroxylation is 1. The van der Waals surface area contributed by atoms with Crippen molar-refractivity contribution >= 4 is 5.97 Å². The molecular weight excluding hydrogens is 206 g/mol. The third kappa shape index (κ3) is 3.90. The lowest BCUT2D eigenvalue weighted by molar-refractivity contribution is -0.136. The third-order valence-corrected chi connectivity index (χ3v) is 2.25. The molecule has 0 unspecified atom stereocenters. The number of carbonyl (C=O) groups is 1. The number of phenolic OH excluding ortho intramolecular Hbond substituents is 1. The van der Waals surface area contributed by atoms with Crippen LogP contribution in [0.25, 0.3) is 0 Å². The van der Waals surface area contributed by atoms with Gasteiger partial charge >= 0.3 is 5.97 Å². The highest BCUT2D eigenvalue weighted by Crippen LogP contribution is 2.20. The highest BCUT2D eigenvalue weighted by Gasteiger charge is 2.06. The lowest BCUT2D eigenvalue weighted by Gasteiger charge is -2.11. The van der Waals surface area contributed by atoms with E-state index in [1.165, 1.54) is 0 Å². The topological polar surface area (TPSA) is 60.8 Å². The van der Waals surface area contributed by atoms with Gasteiger partial charge in [0, 0.05) is 13.0 Å². The Morgan fingerprint density at radius 1 is 1.38 bits per heavy atom. The van der Waals surface area contributed by atoms with Gasteiger partial charge in [-0.25, -0.2) is 0 Å². The molecule has 0 amide bonds. The first-order valence-corrected chi connectivity index (χ1v) is 5.16. The van der Waals surface area contributed by atoms with Crippen LogP contribution < -0.4 is 0 Å². The van der Waals surface area contributed by atoms with Gasteiger partial charge in [0.25, 0.3) is 0 Å². The number of carboxylic acids is 1. The maximum atomic E-state index is 10.5. The fourth-order valence-electron chi connectivity index (χ4n) is 1.54. The van der Waals surface area contributed by atoms with E-state index in [0.717, 1.165) is 12.1 Å². The van der Waals surface area contributed by atoms with Gasteiger partial charge in [0.2, 0.25) is 0 Å². The molecule has 0 saturated heterocycles. The zero-order valence-corrected chi connectivity index (χ0v) is 9.60. The molecule has 0 bridgehead atoms. The first-order chi connectivity index (χ1) is 7.49. The minimum Gasteiger partial charge on any atom is -0.508 e. The van der Waals surface area contributed by atoms with Crippen LogP contribution in [-0.2, 0) is 17.8 Å². The highest BCUT2D eigenvalue weighted by molar-refractivity contribution is 5.67. The van der Waals surface area contributed by atoms with Crippen LogP contribution in [-0.4, -0.2) is 35.2 Å². The molecule has 0 aromatic heterocycles. The van der Waals surface area contributed by atoms with Crippen molar-refractivity contribution in [2.24, 2.45) is 0 Å². The van der Waals surface area contributed by atoms with Crippen LogP contribution in [0, 0.1) is 0 Å². The van der Waals surface area contributed by atoms with Gasteiger partial charge in [-0.1, -0.05) is 12.1 Å². The summed E-state index contributed by atoms with van der Waals surface area (Å²) in [5.74, 6) is -0.679. The van der Waals surface area contributed by atoms with E-state index in [2.05, 4.69) is 0 Å². The first kappa shape index (κ1) is 12.5. The summed E-state index contributed by atoms with van der Waals surface area (Å²) in [6.07, 6.45) is 0.404. The first-order valence-electron chi connectivity index (χ1n) is 5.16. The van der Waals surface area contributed by atoms with Crippen molar-refractivity contribution in [2.75, 3.05) is 14.1 Å². The van der Waals surface area contributed by atoms with Gasteiger partial charge in [-0.05, 0) is 37.7 Å². The summed E-state index contributed by atoms with van der Waals surface area (Å²) in [5.41, 5.74) is 1.77. The van der Waals surface area contributed by atoms with Gasteiger partial charge in [0.15, 0.2) is 0 Å². The molecule has 2 N–H and O–H groups in total. The van der Waals surface area contributed by atoms with Crippen molar-refractivity contribution in [2.45, 2.75) is 19.4 Å². The van der Waals surface area contributed by atoms with Crippen molar-refractivity contribution in [3.05, 3.63) is 29.3 Å². The Balaban J connectivity index is 2.77. The molecule has 0 atom stereocenters. The van der Waals surface area contributed by atoms with Gasteiger partial charge in [-0.15, -0.1) is 0 Å². The quantitative estimate of drug-likeness (QED) is 0.793. The number of benzene rings is 1. The van der Waals surface area contributed by atoms with Crippen LogP contribution in [0.3, 0.4) is 0 Å². The molecule has 0 heterocycles. The van der Waals surface area contributed by atoms with E-state index in [4.69, 9.17) is 5.11 Å². The number of aromatic hydroxyl groups is 1. The molecule has 16 heavy (non-hydrogen) atoms. The maximum absolute atomic E-state index is 10.5. The van der Waals surface area contributed by atoms with Crippen molar-refractivity contribution in [1.29, 1.82) is 0 Å². The normalized spacial score (nSPS) is 10.7. The van der Waals surface area contributed by atoms with Gasteiger partial charge in [-0.2, -0.15) is 0 Å². The van der Waals surface area contributed by atoms with E-state index in [1.807, 2.05) is 31.1 Å². The third-order valence-electron chi connectivity index (χ3n) is 2.25. The van der Waals surface area contributed by atoms with Gasteiger partial charge in [0.05, 0.1) is 0 Å². The van der Waals surface area contributed by atoms with Crippen molar-refractivity contribution in [3.8, 4) is 5.75 Å². The number of hydrogen-bond acceptors (Lipinski definition) is 3. The van der Waals surface area contributed by atoms with E-state index < -0.39 is 5.97 Å². The smallest absolute Gasteiger partial charge is 0.303 e. The lowest BCUT2D eigenvalue weighted by atomic mass is 10.0. The van der Waals surface area contributed by atoms with Crippen LogP contribution in [0.5, 0.6) is 5.75 Å². The monoisotopic (exact) mass is 223 g/mol. The lowest BCUT2D eigenvalue weighted by Crippen LogP contribution is -2.10. The van der Waals surface area contributed by atoms with Gasteiger partial charge in [-0.3, -0.25) is 4.79 Å². The second-order valence-electron chi connectivity index (χ2n) is 4.09. The molecule has 0 radical (unpaired) electrons. The van der Waals surface area contributed by atoms with E-state index in [-0.39, 0.29) is 12.2 Å². The SMILES string of the molecule is CN(C)Cc1ccc(O)c(CCC(=O)O)c1. The fourth-order valence-corrected chi connectivity index (χ4v) is 1.54. The van der Waals surface area contributed by atoms with Gasteiger partial charge < -0.3 is 15.1 Å². The van der Waals surface area contributed by atoms with E-state index >= 15 is 0 Å². The fraction of sp³-hybridized carbons (Fsp3) is 0.417. The molecule has 1 aromatic rings. The van der Waals surface area contributed by atoms with Crippen LogP contribution >= 0.6 is 0 Å². The number of aliphatic carboxylic acids is 1. The van der Waals surface area contributed by atoms with Gasteiger partial charge in [0.1, 0.15) is 5.75 Å². The van der Waals surface area contributed by atoms with E-state index in [0.29, 0.717) is 12.0 Å². The Hall–Kier alpha value is -1.55. The van der Waals surface area contributed by atoms with Crippen molar-refractivity contribution in [3.63, 3.8) is 0 Å². The summed E-state index contributed by atoms with van der Waals surface area (Å²) in [7, 11) is 3.92. The zero-order valence-electron chi connectivity index (χ0n) is 9.60. The average molecular weight is 223 g/mol. The largest absolute Gasteiger partial charge is 0.508 e. The van der Waals surface area contributed by atoms with E-state index in [9.17, 15) is 9.90 Å². The molecule has 1 aromatic carbocycles. The van der Waals surface area contributed by atoms with Crippen LogP contribution in [0.15, 0.2) is 18.2 Å².